The molecule has 420 valence electrons. The number of nitrogens with zero attached hydrogens (tertiary/aromatic N) is 5. The third-order valence-electron chi connectivity index (χ3n) is 13.8. The van der Waals surface area contributed by atoms with Gasteiger partial charge < -0.3 is 29.7 Å². The van der Waals surface area contributed by atoms with E-state index >= 15 is 5.11 Å². The minimum atomic E-state index is -1.50. The zero-order valence-corrected chi connectivity index (χ0v) is 53.5. The van der Waals surface area contributed by atoms with Crippen LogP contribution >= 0.6 is 31.9 Å². The molecule has 0 spiro atoms. The van der Waals surface area contributed by atoms with Crippen molar-refractivity contribution >= 4 is 81.0 Å². The summed E-state index contributed by atoms with van der Waals surface area (Å²) in [5.41, 5.74) is 5.99. The molecular formula is C70H75Br2Li2N5O4. The fourth-order valence-electron chi connectivity index (χ4n) is 10.1. The summed E-state index contributed by atoms with van der Waals surface area (Å²) < 4.78 is 13.3. The predicted molar refractivity (Wildman–Crippen MR) is 343 cm³/mol. The van der Waals surface area contributed by atoms with Gasteiger partial charge in [0.2, 0.25) is 11.8 Å². The maximum Gasteiger partial charge on any atom is 1.00 e. The van der Waals surface area contributed by atoms with Gasteiger partial charge >= 0.3 is 37.7 Å². The van der Waals surface area contributed by atoms with Crippen molar-refractivity contribution in [2.24, 2.45) is 0 Å². The number of carbonyl (C=O) groups excluding carboxylic acids is 1. The number of benzene rings is 8. The number of halogens is 2. The molecule has 0 amide bonds. The normalized spacial score (nSPS) is 12.1. The largest absolute Gasteiger partial charge is 1.00 e. The van der Waals surface area contributed by atoms with Crippen LogP contribution in [0.5, 0.6) is 11.8 Å². The van der Waals surface area contributed by atoms with E-state index in [1.165, 1.54) is 5.56 Å². The van der Waals surface area contributed by atoms with Crippen LogP contribution in [0.15, 0.2) is 203 Å². The minimum Gasteiger partial charge on any atom is -0.845 e. The number of rotatable bonds is 17. The second kappa shape index (κ2) is 33.2. The van der Waals surface area contributed by atoms with Gasteiger partial charge in [0.05, 0.1) is 25.3 Å². The van der Waals surface area contributed by atoms with Gasteiger partial charge in [-0.2, -0.15) is 0 Å². The van der Waals surface area contributed by atoms with Gasteiger partial charge in [-0.3, -0.25) is 4.79 Å². The molecule has 10 rings (SSSR count). The van der Waals surface area contributed by atoms with Crippen molar-refractivity contribution in [1.82, 2.24) is 19.8 Å². The van der Waals surface area contributed by atoms with E-state index in [0.29, 0.717) is 43.2 Å². The molecule has 2 heterocycles. The van der Waals surface area contributed by atoms with Gasteiger partial charge in [0, 0.05) is 61.7 Å². The van der Waals surface area contributed by atoms with Gasteiger partial charge in [-0.1, -0.05) is 211 Å². The van der Waals surface area contributed by atoms with Gasteiger partial charge in [0.15, 0.2) is 5.78 Å². The molecule has 0 bridgehead atoms. The second-order valence-corrected chi connectivity index (χ2v) is 23.1. The zero-order chi connectivity index (χ0) is 58.1. The number of aromatic nitrogens is 2. The Labute approximate surface area is 533 Å². The Morgan fingerprint density at radius 3 is 1.61 bits per heavy atom. The molecule has 2 aromatic heterocycles. The van der Waals surface area contributed by atoms with Crippen LogP contribution in [0.2, 0.25) is 0 Å². The minimum absolute atomic E-state index is 0. The van der Waals surface area contributed by atoms with Gasteiger partial charge in [-0.25, -0.2) is 9.97 Å². The first-order valence-corrected chi connectivity index (χ1v) is 29.1. The fourth-order valence-corrected chi connectivity index (χ4v) is 10.9. The quantitative estimate of drug-likeness (QED) is 0.0656. The molecule has 0 radical (unpaired) electrons. The van der Waals surface area contributed by atoms with E-state index in [2.05, 4.69) is 123 Å². The number of hydrogen-bond donors (Lipinski definition) is 0. The Morgan fingerprint density at radius 2 is 1.06 bits per heavy atom. The molecule has 83 heavy (non-hydrogen) atoms. The summed E-state index contributed by atoms with van der Waals surface area (Å²) in [7, 11) is 11.3. The monoisotopic (exact) mass is 1220 g/mol. The molecule has 8 aromatic carbocycles. The molecule has 9 nitrogen and oxygen atoms in total. The number of ketones is 1. The van der Waals surface area contributed by atoms with Gasteiger partial charge in [0.25, 0.3) is 0 Å². The van der Waals surface area contributed by atoms with E-state index in [0.717, 1.165) is 93.1 Å². The maximum absolute atomic E-state index is 15.7. The molecule has 2 unspecified atom stereocenters. The van der Waals surface area contributed by atoms with Crippen LogP contribution in [0.3, 0.4) is 0 Å². The molecule has 2 atom stereocenters. The molecule has 0 aliphatic carbocycles. The zero-order valence-electron chi connectivity index (χ0n) is 50.4. The van der Waals surface area contributed by atoms with E-state index in [4.69, 9.17) is 14.5 Å². The number of pyridine rings is 2. The summed E-state index contributed by atoms with van der Waals surface area (Å²) in [6, 6.07) is 65.8. The topological polar surface area (TPSA) is 105 Å². The average molecular weight is 1220 g/mol. The first-order chi connectivity index (χ1) is 39.0. The van der Waals surface area contributed by atoms with Crippen LogP contribution in [-0.2, 0) is 12.0 Å². The van der Waals surface area contributed by atoms with E-state index in [9.17, 15) is 4.79 Å². The molecule has 0 aliphatic heterocycles. The van der Waals surface area contributed by atoms with Crippen LogP contribution < -0.4 is 52.3 Å². The first-order valence-electron chi connectivity index (χ1n) is 27.5. The smallest absolute Gasteiger partial charge is 0.845 e. The van der Waals surface area contributed by atoms with E-state index < -0.39 is 11.5 Å². The Balaban J connectivity index is 0.000000231. The Bertz CT molecular complexity index is 3630. The standard InChI is InChI=1S/C32H30BrN2O2.C17H14BrNO.C15H17NO.C6H14N.2Li/c1-35(2)19-18-32(36,28-15-9-13-22-10-7-8-14-26(22)28)30(23-11-5-4-6-12-23)27-21-24-20-25(33)16-17-29(24)34-31(27)37-3;1-20-17-14(9-12-5-3-2-4-6-12)10-13-11-15(18)7-8-16(13)19-17;1-16(2)11-10-15(17)14-9-5-7-12-6-3-4-8-13(12)14;1-5(2)7-6(3)4;;/h4-17,20-21,30H,18-19H2,1-3H3;2-8,10-11H,9H2,1H3;3-9H,10-11H2,1-2H3;5-6H,1-4H3;;/q-1;;;-1;2*+1. The summed E-state index contributed by atoms with van der Waals surface area (Å²) in [5.74, 6) is 0.860. The SMILES string of the molecule is CC(C)[N-]C(C)C.CN(C)CCC(=O)c1cccc2ccccc12.COc1nc2ccc(Br)cc2cc1C(c1ccccc1)C([O-])(CCN(C)C)c1cccc2ccccc12.COc1nc2ccc(Br)cc2cc1Cc1ccccc1.[Li+].[Li+]. The predicted octanol–water partition coefficient (Wildman–Crippen LogP) is 10.3. The number of carbonyl (C=O) groups is 1. The molecule has 10 aromatic rings. The van der Waals surface area contributed by atoms with Crippen molar-refractivity contribution in [2.45, 2.75) is 70.6 Å². The molecular weight excluding hydrogens is 1150 g/mol. The number of hydrogen-bond acceptors (Lipinski definition) is 8. The van der Waals surface area contributed by atoms with Crippen LogP contribution in [0, 0.1) is 0 Å². The Hall–Kier alpha value is -5.64. The van der Waals surface area contributed by atoms with Crippen molar-refractivity contribution in [3.63, 3.8) is 0 Å². The fraction of sp³-hybridized carbons (Fsp3) is 0.271. The first kappa shape index (κ1) is 68.1. The van der Waals surface area contributed by atoms with Crippen LogP contribution in [0.1, 0.15) is 84.6 Å². The summed E-state index contributed by atoms with van der Waals surface area (Å²) in [5, 5.41) is 26.3. The van der Waals surface area contributed by atoms with E-state index in [1.807, 2.05) is 179 Å². The second-order valence-electron chi connectivity index (χ2n) is 21.2. The van der Waals surface area contributed by atoms with E-state index in [-0.39, 0.29) is 43.5 Å². The third kappa shape index (κ3) is 18.9. The number of Topliss-reactive ketones (excluding diaryl/α,β-unsaturated/α-hetero) is 1. The summed E-state index contributed by atoms with van der Waals surface area (Å²) in [4.78, 5) is 25.7. The number of methoxy groups -OCH3 is 2. The van der Waals surface area contributed by atoms with Crippen molar-refractivity contribution in [2.75, 3.05) is 55.5 Å². The van der Waals surface area contributed by atoms with E-state index in [1.54, 1.807) is 14.2 Å². The molecule has 0 saturated carbocycles. The molecule has 0 aliphatic rings. The third-order valence-corrected chi connectivity index (χ3v) is 14.8. The number of ether oxygens (including phenoxy) is 2. The van der Waals surface area contributed by atoms with Gasteiger partial charge in [-0.05, 0) is 128 Å². The van der Waals surface area contributed by atoms with Crippen LogP contribution in [0.4, 0.5) is 0 Å². The van der Waals surface area contributed by atoms with Crippen LogP contribution in [0.25, 0.3) is 48.7 Å². The van der Waals surface area contributed by atoms with Crippen molar-refractivity contribution in [3.05, 3.63) is 242 Å². The molecule has 0 N–H and O–H groups in total. The van der Waals surface area contributed by atoms with Crippen molar-refractivity contribution in [1.29, 1.82) is 0 Å². The average Bonchev–Trinajstić information content (AvgIpc) is 3.55. The van der Waals surface area contributed by atoms with Gasteiger partial charge in [-0.15, -0.1) is 12.1 Å². The Morgan fingerprint density at radius 1 is 0.566 bits per heavy atom. The number of fused-ring (bicyclic) bond motifs is 4. The molecule has 0 fully saturated rings. The Kier molecular flexibility index (Phi) is 27.2. The van der Waals surface area contributed by atoms with Crippen LogP contribution in [-0.4, -0.2) is 93.1 Å². The molecule has 13 heteroatoms. The van der Waals surface area contributed by atoms with Crippen molar-refractivity contribution in [3.8, 4) is 11.8 Å². The summed E-state index contributed by atoms with van der Waals surface area (Å²) >= 11 is 7.09. The van der Waals surface area contributed by atoms with Crippen molar-refractivity contribution < 1.29 is 57.1 Å². The summed E-state index contributed by atoms with van der Waals surface area (Å²) in [6.45, 7) is 9.83. The maximum atomic E-state index is 15.7. The molecule has 0 saturated heterocycles. The van der Waals surface area contributed by atoms with Gasteiger partial charge in [0.1, 0.15) is 0 Å². The summed E-state index contributed by atoms with van der Waals surface area (Å²) in [6.07, 6.45) is 1.80.